The Balaban J connectivity index is 2.08. The molecule has 6 nitrogen and oxygen atoms in total. The van der Waals surface area contributed by atoms with Crippen molar-refractivity contribution in [3.8, 4) is 5.75 Å². The van der Waals surface area contributed by atoms with Crippen LogP contribution in [0.4, 0.5) is 5.82 Å². The SMILES string of the molecule is COc1ccc(Br)cc1/C=N/Nc1ccc(C(=O)O)cn1. The lowest BCUT2D eigenvalue weighted by molar-refractivity contribution is 0.0696. The zero-order valence-corrected chi connectivity index (χ0v) is 12.7. The van der Waals surface area contributed by atoms with Gasteiger partial charge in [0.15, 0.2) is 0 Å². The Labute approximate surface area is 129 Å². The molecule has 108 valence electrons. The number of hydrogen-bond donors (Lipinski definition) is 2. The fourth-order valence-electron chi connectivity index (χ4n) is 1.56. The number of halogens is 1. The standard InChI is InChI=1S/C14H12BrN3O3/c1-21-12-4-3-11(15)6-10(12)8-17-18-13-5-2-9(7-16-13)14(19)20/h2-8H,1H3,(H,16,18)(H,19,20)/b17-8+. The fraction of sp³-hybridized carbons (Fsp3) is 0.0714. The van der Waals surface area contributed by atoms with Gasteiger partial charge in [-0.25, -0.2) is 9.78 Å². The topological polar surface area (TPSA) is 83.8 Å². The molecule has 1 aromatic carbocycles. The van der Waals surface area contributed by atoms with Crippen LogP contribution in [-0.2, 0) is 0 Å². The number of nitrogens with one attached hydrogen (secondary N) is 1. The molecule has 1 aromatic heterocycles. The number of aromatic nitrogens is 1. The number of anilines is 1. The Morgan fingerprint density at radius 2 is 2.24 bits per heavy atom. The molecular formula is C14H12BrN3O3. The average molecular weight is 350 g/mol. The first-order valence-corrected chi connectivity index (χ1v) is 6.71. The molecule has 0 saturated carbocycles. The van der Waals surface area contributed by atoms with Gasteiger partial charge >= 0.3 is 5.97 Å². The molecule has 21 heavy (non-hydrogen) atoms. The Bertz CT molecular complexity index is 672. The molecule has 0 saturated heterocycles. The number of benzene rings is 1. The van der Waals surface area contributed by atoms with E-state index in [1.807, 2.05) is 18.2 Å². The number of carboxylic acids is 1. The quantitative estimate of drug-likeness (QED) is 0.640. The molecule has 2 rings (SSSR count). The molecule has 0 aliphatic heterocycles. The number of hydrogen-bond acceptors (Lipinski definition) is 5. The van der Waals surface area contributed by atoms with E-state index in [-0.39, 0.29) is 5.56 Å². The maximum absolute atomic E-state index is 10.7. The summed E-state index contributed by atoms with van der Waals surface area (Å²) < 4.78 is 6.14. The van der Waals surface area contributed by atoms with Crippen molar-refractivity contribution in [3.63, 3.8) is 0 Å². The van der Waals surface area contributed by atoms with Gasteiger partial charge in [-0.1, -0.05) is 15.9 Å². The van der Waals surface area contributed by atoms with Crippen LogP contribution in [0.15, 0.2) is 46.1 Å². The molecule has 0 aliphatic carbocycles. The fourth-order valence-corrected chi connectivity index (χ4v) is 1.94. The summed E-state index contributed by atoms with van der Waals surface area (Å²) in [5.41, 5.74) is 3.64. The molecule has 0 bridgehead atoms. The van der Waals surface area contributed by atoms with Crippen LogP contribution < -0.4 is 10.2 Å². The number of carboxylic acid groups (broad SMARTS) is 1. The number of rotatable bonds is 5. The van der Waals surface area contributed by atoms with E-state index >= 15 is 0 Å². The normalized spacial score (nSPS) is 10.6. The predicted molar refractivity (Wildman–Crippen MR) is 83.1 cm³/mol. The van der Waals surface area contributed by atoms with Gasteiger partial charge in [-0.05, 0) is 30.3 Å². The Morgan fingerprint density at radius 3 is 2.86 bits per heavy atom. The van der Waals surface area contributed by atoms with Gasteiger partial charge in [-0.2, -0.15) is 5.10 Å². The summed E-state index contributed by atoms with van der Waals surface area (Å²) in [6.07, 6.45) is 2.86. The second-order valence-electron chi connectivity index (χ2n) is 3.99. The van der Waals surface area contributed by atoms with Gasteiger partial charge in [0.25, 0.3) is 0 Å². The van der Waals surface area contributed by atoms with Crippen molar-refractivity contribution in [2.24, 2.45) is 5.10 Å². The molecule has 0 atom stereocenters. The lowest BCUT2D eigenvalue weighted by Crippen LogP contribution is -1.99. The molecule has 0 aliphatic rings. The number of ether oxygens (including phenoxy) is 1. The molecule has 0 amide bonds. The highest BCUT2D eigenvalue weighted by Crippen LogP contribution is 2.21. The first kappa shape index (κ1) is 15.0. The molecule has 0 unspecified atom stereocenters. The van der Waals surface area contributed by atoms with Gasteiger partial charge in [-0.3, -0.25) is 5.43 Å². The van der Waals surface area contributed by atoms with Crippen molar-refractivity contribution >= 4 is 33.9 Å². The molecule has 0 spiro atoms. The second kappa shape index (κ2) is 6.85. The largest absolute Gasteiger partial charge is 0.496 e. The van der Waals surface area contributed by atoms with E-state index in [4.69, 9.17) is 9.84 Å². The molecular weight excluding hydrogens is 338 g/mol. The van der Waals surface area contributed by atoms with Crippen molar-refractivity contribution in [2.75, 3.05) is 12.5 Å². The monoisotopic (exact) mass is 349 g/mol. The summed E-state index contributed by atoms with van der Waals surface area (Å²) in [6, 6.07) is 8.55. The van der Waals surface area contributed by atoms with E-state index < -0.39 is 5.97 Å². The lowest BCUT2D eigenvalue weighted by Gasteiger charge is -2.04. The zero-order chi connectivity index (χ0) is 15.2. The number of nitrogens with zero attached hydrogens (tertiary/aromatic N) is 2. The van der Waals surface area contributed by atoms with E-state index in [2.05, 4.69) is 31.4 Å². The summed E-state index contributed by atoms with van der Waals surface area (Å²) in [5, 5.41) is 12.8. The molecule has 2 aromatic rings. The zero-order valence-electron chi connectivity index (χ0n) is 11.1. The van der Waals surface area contributed by atoms with E-state index in [9.17, 15) is 4.79 Å². The first-order chi connectivity index (χ1) is 10.1. The van der Waals surface area contributed by atoms with Gasteiger partial charge in [0, 0.05) is 16.2 Å². The molecule has 0 radical (unpaired) electrons. The van der Waals surface area contributed by atoms with Crippen LogP contribution in [0.5, 0.6) is 5.75 Å². The lowest BCUT2D eigenvalue weighted by atomic mass is 10.2. The number of pyridine rings is 1. The smallest absolute Gasteiger partial charge is 0.337 e. The highest BCUT2D eigenvalue weighted by molar-refractivity contribution is 9.10. The summed E-state index contributed by atoms with van der Waals surface area (Å²) in [7, 11) is 1.58. The van der Waals surface area contributed by atoms with E-state index in [0.29, 0.717) is 11.6 Å². The highest BCUT2D eigenvalue weighted by atomic mass is 79.9. The van der Waals surface area contributed by atoms with E-state index in [0.717, 1.165) is 10.0 Å². The number of aromatic carboxylic acids is 1. The molecule has 7 heteroatoms. The highest BCUT2D eigenvalue weighted by Gasteiger charge is 2.03. The van der Waals surface area contributed by atoms with Crippen LogP contribution in [0.3, 0.4) is 0 Å². The summed E-state index contributed by atoms with van der Waals surface area (Å²) in [5.74, 6) is 0.125. The number of methoxy groups -OCH3 is 1. The minimum Gasteiger partial charge on any atom is -0.496 e. The van der Waals surface area contributed by atoms with Crippen LogP contribution in [0, 0.1) is 0 Å². The van der Waals surface area contributed by atoms with E-state index in [1.165, 1.54) is 12.3 Å². The van der Waals surface area contributed by atoms with Gasteiger partial charge < -0.3 is 9.84 Å². The van der Waals surface area contributed by atoms with Gasteiger partial charge in [0.2, 0.25) is 0 Å². The Morgan fingerprint density at radius 1 is 1.43 bits per heavy atom. The van der Waals surface area contributed by atoms with Crippen LogP contribution in [-0.4, -0.2) is 29.4 Å². The van der Waals surface area contributed by atoms with Crippen LogP contribution in [0.2, 0.25) is 0 Å². The van der Waals surface area contributed by atoms with Crippen molar-refractivity contribution in [2.45, 2.75) is 0 Å². The van der Waals surface area contributed by atoms with Gasteiger partial charge in [0.05, 0.1) is 18.9 Å². The molecule has 0 fully saturated rings. The summed E-state index contributed by atoms with van der Waals surface area (Å²) >= 11 is 3.38. The van der Waals surface area contributed by atoms with Crippen molar-refractivity contribution < 1.29 is 14.6 Å². The Kier molecular flexibility index (Phi) is 4.89. The average Bonchev–Trinajstić information content (AvgIpc) is 2.48. The second-order valence-corrected chi connectivity index (χ2v) is 4.91. The minimum atomic E-state index is -1.02. The Hall–Kier alpha value is -2.41. The van der Waals surface area contributed by atoms with Crippen LogP contribution >= 0.6 is 15.9 Å². The summed E-state index contributed by atoms with van der Waals surface area (Å²) in [4.78, 5) is 14.7. The van der Waals surface area contributed by atoms with Crippen molar-refractivity contribution in [1.29, 1.82) is 0 Å². The molecule has 1 heterocycles. The van der Waals surface area contributed by atoms with E-state index in [1.54, 1.807) is 19.4 Å². The maximum Gasteiger partial charge on any atom is 0.337 e. The third-order valence-electron chi connectivity index (χ3n) is 2.58. The predicted octanol–water partition coefficient (Wildman–Crippen LogP) is 3.00. The third-order valence-corrected chi connectivity index (χ3v) is 3.08. The summed E-state index contributed by atoms with van der Waals surface area (Å²) in [6.45, 7) is 0. The van der Waals surface area contributed by atoms with Crippen LogP contribution in [0.1, 0.15) is 15.9 Å². The maximum atomic E-state index is 10.7. The minimum absolute atomic E-state index is 0.123. The molecule has 2 N–H and O–H groups in total. The van der Waals surface area contributed by atoms with Crippen molar-refractivity contribution in [1.82, 2.24) is 4.98 Å². The first-order valence-electron chi connectivity index (χ1n) is 5.92. The number of carbonyl (C=O) groups is 1. The third kappa shape index (κ3) is 4.03. The van der Waals surface area contributed by atoms with Gasteiger partial charge in [0.1, 0.15) is 11.6 Å². The van der Waals surface area contributed by atoms with Crippen molar-refractivity contribution in [3.05, 3.63) is 52.1 Å². The van der Waals surface area contributed by atoms with Gasteiger partial charge in [-0.15, -0.1) is 0 Å². The van der Waals surface area contributed by atoms with Crippen LogP contribution in [0.25, 0.3) is 0 Å². The number of hydrazone groups is 1.